The lowest BCUT2D eigenvalue weighted by atomic mass is 10.3. The normalized spacial score (nSPS) is 10.5. The van der Waals surface area contributed by atoms with E-state index in [1.54, 1.807) is 11.3 Å². The molecule has 0 saturated heterocycles. The second-order valence-electron chi connectivity index (χ2n) is 3.64. The topological polar surface area (TPSA) is 21.3 Å². The van der Waals surface area contributed by atoms with Crippen molar-refractivity contribution in [3.63, 3.8) is 0 Å². The Morgan fingerprint density at radius 3 is 2.53 bits per heavy atom. The zero-order chi connectivity index (χ0) is 12.1. The van der Waals surface area contributed by atoms with Crippen LogP contribution >= 0.6 is 27.3 Å². The van der Waals surface area contributed by atoms with Crippen molar-refractivity contribution in [2.24, 2.45) is 0 Å². The summed E-state index contributed by atoms with van der Waals surface area (Å²) in [7, 11) is 1.96. The summed E-state index contributed by atoms with van der Waals surface area (Å²) in [5.41, 5.74) is 0. The summed E-state index contributed by atoms with van der Waals surface area (Å²) in [6, 6.07) is 12.2. The minimum Gasteiger partial charge on any atom is -0.488 e. The SMILES string of the molecule is CNCc1ccc(COc2ccc(Br)cc2)s1. The summed E-state index contributed by atoms with van der Waals surface area (Å²) < 4.78 is 6.77. The number of benzene rings is 1. The van der Waals surface area contributed by atoms with Gasteiger partial charge in [-0.15, -0.1) is 11.3 Å². The zero-order valence-electron chi connectivity index (χ0n) is 9.57. The van der Waals surface area contributed by atoms with E-state index in [0.717, 1.165) is 16.8 Å². The van der Waals surface area contributed by atoms with Crippen LogP contribution in [0.15, 0.2) is 40.9 Å². The van der Waals surface area contributed by atoms with Crippen LogP contribution in [0.5, 0.6) is 5.75 Å². The summed E-state index contributed by atoms with van der Waals surface area (Å²) in [6.45, 7) is 1.55. The molecule has 4 heteroatoms. The van der Waals surface area contributed by atoms with E-state index >= 15 is 0 Å². The Morgan fingerprint density at radius 2 is 1.82 bits per heavy atom. The largest absolute Gasteiger partial charge is 0.488 e. The molecule has 0 saturated carbocycles. The predicted octanol–water partition coefficient (Wildman–Crippen LogP) is 3.81. The van der Waals surface area contributed by atoms with Crippen molar-refractivity contribution < 1.29 is 4.74 Å². The van der Waals surface area contributed by atoms with Crippen LogP contribution in [-0.2, 0) is 13.2 Å². The van der Waals surface area contributed by atoms with E-state index in [-0.39, 0.29) is 0 Å². The van der Waals surface area contributed by atoms with E-state index < -0.39 is 0 Å². The first-order chi connectivity index (χ1) is 8.28. The average molecular weight is 312 g/mol. The highest BCUT2D eigenvalue weighted by molar-refractivity contribution is 9.10. The van der Waals surface area contributed by atoms with Crippen LogP contribution in [0.1, 0.15) is 9.75 Å². The summed E-state index contributed by atoms with van der Waals surface area (Å²) in [5, 5.41) is 3.14. The fourth-order valence-electron chi connectivity index (χ4n) is 1.45. The second-order valence-corrected chi connectivity index (χ2v) is 5.81. The molecular weight excluding hydrogens is 298 g/mol. The van der Waals surface area contributed by atoms with Gasteiger partial charge in [-0.1, -0.05) is 15.9 Å². The van der Waals surface area contributed by atoms with E-state index in [2.05, 4.69) is 33.4 Å². The number of ether oxygens (including phenoxy) is 1. The Morgan fingerprint density at radius 1 is 1.12 bits per heavy atom. The summed E-state index contributed by atoms with van der Waals surface area (Å²) in [4.78, 5) is 2.58. The number of hydrogen-bond donors (Lipinski definition) is 1. The highest BCUT2D eigenvalue weighted by Gasteiger charge is 2.00. The van der Waals surface area contributed by atoms with Crippen molar-refractivity contribution in [2.75, 3.05) is 7.05 Å². The maximum Gasteiger partial charge on any atom is 0.122 e. The monoisotopic (exact) mass is 311 g/mol. The molecule has 1 heterocycles. The first kappa shape index (κ1) is 12.6. The zero-order valence-corrected chi connectivity index (χ0v) is 12.0. The molecule has 1 aromatic carbocycles. The number of thiophene rings is 1. The van der Waals surface area contributed by atoms with Crippen LogP contribution in [0.3, 0.4) is 0 Å². The lowest BCUT2D eigenvalue weighted by Crippen LogP contribution is -2.02. The minimum atomic E-state index is 0.635. The third-order valence-corrected chi connectivity index (χ3v) is 3.85. The molecule has 0 radical (unpaired) electrons. The van der Waals surface area contributed by atoms with Crippen molar-refractivity contribution in [3.8, 4) is 5.75 Å². The van der Waals surface area contributed by atoms with Crippen LogP contribution < -0.4 is 10.1 Å². The molecule has 1 aromatic heterocycles. The molecule has 2 nitrogen and oxygen atoms in total. The van der Waals surface area contributed by atoms with Gasteiger partial charge in [-0.3, -0.25) is 0 Å². The first-order valence-electron chi connectivity index (χ1n) is 5.38. The van der Waals surface area contributed by atoms with Crippen molar-refractivity contribution >= 4 is 27.3 Å². The van der Waals surface area contributed by atoms with Crippen LogP contribution in [0.2, 0.25) is 0 Å². The fraction of sp³-hybridized carbons (Fsp3) is 0.231. The van der Waals surface area contributed by atoms with Crippen molar-refractivity contribution in [2.45, 2.75) is 13.2 Å². The fourth-order valence-corrected chi connectivity index (χ4v) is 2.66. The Hall–Kier alpha value is -0.840. The molecule has 2 rings (SSSR count). The molecule has 0 spiro atoms. The van der Waals surface area contributed by atoms with Gasteiger partial charge in [0, 0.05) is 20.8 Å². The summed E-state index contributed by atoms with van der Waals surface area (Å²) in [6.07, 6.45) is 0. The van der Waals surface area contributed by atoms with Gasteiger partial charge >= 0.3 is 0 Å². The lowest BCUT2D eigenvalue weighted by Gasteiger charge is -2.04. The molecule has 2 aromatic rings. The van der Waals surface area contributed by atoms with Gasteiger partial charge < -0.3 is 10.1 Å². The van der Waals surface area contributed by atoms with Gasteiger partial charge in [-0.05, 0) is 43.4 Å². The van der Waals surface area contributed by atoms with E-state index in [1.807, 2.05) is 31.3 Å². The Bertz CT molecular complexity index is 467. The van der Waals surface area contributed by atoms with Gasteiger partial charge in [0.2, 0.25) is 0 Å². The van der Waals surface area contributed by atoms with Gasteiger partial charge in [0.25, 0.3) is 0 Å². The maximum absolute atomic E-state index is 5.71. The smallest absolute Gasteiger partial charge is 0.122 e. The van der Waals surface area contributed by atoms with Crippen molar-refractivity contribution in [1.82, 2.24) is 5.32 Å². The Labute approximate surface area is 114 Å². The molecule has 90 valence electrons. The van der Waals surface area contributed by atoms with Gasteiger partial charge in [-0.25, -0.2) is 0 Å². The van der Waals surface area contributed by atoms with E-state index in [9.17, 15) is 0 Å². The lowest BCUT2D eigenvalue weighted by molar-refractivity contribution is 0.310. The molecule has 0 atom stereocenters. The van der Waals surface area contributed by atoms with E-state index in [4.69, 9.17) is 4.74 Å². The van der Waals surface area contributed by atoms with Crippen LogP contribution in [-0.4, -0.2) is 7.05 Å². The van der Waals surface area contributed by atoms with Crippen LogP contribution in [0, 0.1) is 0 Å². The van der Waals surface area contributed by atoms with Crippen molar-refractivity contribution in [1.29, 1.82) is 0 Å². The van der Waals surface area contributed by atoms with Gasteiger partial charge in [0.1, 0.15) is 12.4 Å². The molecular formula is C13H14BrNOS. The minimum absolute atomic E-state index is 0.635. The molecule has 0 aliphatic carbocycles. The van der Waals surface area contributed by atoms with Gasteiger partial charge in [-0.2, -0.15) is 0 Å². The van der Waals surface area contributed by atoms with Gasteiger partial charge in [0.15, 0.2) is 0 Å². The molecule has 0 unspecified atom stereocenters. The highest BCUT2D eigenvalue weighted by Crippen LogP contribution is 2.20. The number of nitrogens with one attached hydrogen (secondary N) is 1. The second kappa shape index (κ2) is 6.19. The molecule has 17 heavy (non-hydrogen) atoms. The molecule has 1 N–H and O–H groups in total. The van der Waals surface area contributed by atoms with E-state index in [0.29, 0.717) is 6.61 Å². The van der Waals surface area contributed by atoms with E-state index in [1.165, 1.54) is 9.75 Å². The number of rotatable bonds is 5. The third-order valence-electron chi connectivity index (χ3n) is 2.26. The molecule has 0 aliphatic rings. The number of halogens is 1. The summed E-state index contributed by atoms with van der Waals surface area (Å²) in [5.74, 6) is 0.900. The van der Waals surface area contributed by atoms with Crippen molar-refractivity contribution in [3.05, 3.63) is 50.6 Å². The maximum atomic E-state index is 5.71. The quantitative estimate of drug-likeness (QED) is 0.906. The molecule has 0 bridgehead atoms. The van der Waals surface area contributed by atoms with Crippen LogP contribution in [0.25, 0.3) is 0 Å². The molecule has 0 fully saturated rings. The third kappa shape index (κ3) is 3.84. The predicted molar refractivity (Wildman–Crippen MR) is 75.6 cm³/mol. The molecule has 0 aliphatic heterocycles. The highest BCUT2D eigenvalue weighted by atomic mass is 79.9. The first-order valence-corrected chi connectivity index (χ1v) is 6.99. The van der Waals surface area contributed by atoms with Gasteiger partial charge in [0.05, 0.1) is 0 Å². The standard InChI is InChI=1S/C13H14BrNOS/c1-15-8-12-6-7-13(17-12)9-16-11-4-2-10(14)3-5-11/h2-7,15H,8-9H2,1H3. The number of hydrogen-bond acceptors (Lipinski definition) is 3. The Kier molecular flexibility index (Phi) is 4.59. The average Bonchev–Trinajstić information content (AvgIpc) is 2.77. The molecule has 0 amide bonds. The van der Waals surface area contributed by atoms with Crippen LogP contribution in [0.4, 0.5) is 0 Å². The Balaban J connectivity index is 1.90. The summed E-state index contributed by atoms with van der Waals surface area (Å²) >= 11 is 5.18.